The molecule has 24 heavy (non-hydrogen) atoms. The Labute approximate surface area is 139 Å². The van der Waals surface area contributed by atoms with Gasteiger partial charge in [-0.05, 0) is 32.9 Å². The van der Waals surface area contributed by atoms with Crippen LogP contribution in [0.4, 0.5) is 23.8 Å². The zero-order valence-electron chi connectivity index (χ0n) is 14.4. The van der Waals surface area contributed by atoms with E-state index in [0.29, 0.717) is 19.0 Å². The number of hydrogen-bond acceptors (Lipinski definition) is 3. The number of urea groups is 1. The molecule has 1 saturated heterocycles. The van der Waals surface area contributed by atoms with Crippen LogP contribution in [0.2, 0.25) is 0 Å². The summed E-state index contributed by atoms with van der Waals surface area (Å²) in [7, 11) is 3.42. The third kappa shape index (κ3) is 4.00. The summed E-state index contributed by atoms with van der Waals surface area (Å²) in [6.45, 7) is 6.45. The minimum absolute atomic E-state index is 0.0696. The summed E-state index contributed by atoms with van der Waals surface area (Å²) in [6.07, 6.45) is -3.63. The molecular formula is C15H24F3N5O. The summed E-state index contributed by atoms with van der Waals surface area (Å²) in [6, 6.07) is -0.378. The molecule has 2 heterocycles. The molecule has 0 bridgehead atoms. The predicted molar refractivity (Wildman–Crippen MR) is 84.8 cm³/mol. The van der Waals surface area contributed by atoms with E-state index in [1.54, 1.807) is 4.90 Å². The van der Waals surface area contributed by atoms with Gasteiger partial charge in [0.05, 0.1) is 0 Å². The van der Waals surface area contributed by atoms with Gasteiger partial charge in [-0.25, -0.2) is 4.79 Å². The fourth-order valence-electron chi connectivity index (χ4n) is 2.99. The van der Waals surface area contributed by atoms with E-state index in [1.165, 1.54) is 14.0 Å². The highest BCUT2D eigenvalue weighted by Crippen LogP contribution is 2.33. The highest BCUT2D eigenvalue weighted by Gasteiger charge is 2.38. The van der Waals surface area contributed by atoms with E-state index in [9.17, 15) is 18.0 Å². The van der Waals surface area contributed by atoms with Crippen LogP contribution < -0.4 is 5.32 Å². The molecule has 1 aliphatic rings. The SMILES string of the molecule is CCN(C)C[C@@H]1CCN(C(=O)Nc2c(C)c(C(F)(F)F)nn2C)C1. The van der Waals surface area contributed by atoms with E-state index in [0.717, 1.165) is 24.2 Å². The molecule has 2 amide bonds. The Morgan fingerprint density at radius 2 is 2.12 bits per heavy atom. The van der Waals surface area contributed by atoms with Crippen molar-refractivity contribution in [1.29, 1.82) is 0 Å². The van der Waals surface area contributed by atoms with E-state index in [1.807, 2.05) is 7.05 Å². The van der Waals surface area contributed by atoms with Crippen molar-refractivity contribution in [2.45, 2.75) is 26.4 Å². The quantitative estimate of drug-likeness (QED) is 0.911. The van der Waals surface area contributed by atoms with Crippen molar-refractivity contribution >= 4 is 11.8 Å². The molecule has 1 N–H and O–H groups in total. The lowest BCUT2D eigenvalue weighted by atomic mass is 10.1. The molecule has 136 valence electrons. The number of likely N-dealkylation sites (tertiary alicyclic amines) is 1. The second-order valence-electron chi connectivity index (χ2n) is 6.33. The number of nitrogens with zero attached hydrogens (tertiary/aromatic N) is 4. The largest absolute Gasteiger partial charge is 0.435 e. The summed E-state index contributed by atoms with van der Waals surface area (Å²) < 4.78 is 39.7. The maximum Gasteiger partial charge on any atom is 0.435 e. The van der Waals surface area contributed by atoms with E-state index in [-0.39, 0.29) is 17.4 Å². The molecule has 1 atom stereocenters. The smallest absolute Gasteiger partial charge is 0.324 e. The number of hydrogen-bond donors (Lipinski definition) is 1. The number of nitrogens with one attached hydrogen (secondary N) is 1. The summed E-state index contributed by atoms with van der Waals surface area (Å²) >= 11 is 0. The van der Waals surface area contributed by atoms with Crippen molar-refractivity contribution in [2.75, 3.05) is 38.5 Å². The first kappa shape index (κ1) is 18.6. The lowest BCUT2D eigenvalue weighted by Crippen LogP contribution is -2.35. The van der Waals surface area contributed by atoms with Gasteiger partial charge in [0.15, 0.2) is 5.69 Å². The molecule has 0 aliphatic carbocycles. The third-order valence-corrected chi connectivity index (χ3v) is 4.46. The van der Waals surface area contributed by atoms with Crippen molar-refractivity contribution in [2.24, 2.45) is 13.0 Å². The van der Waals surface area contributed by atoms with Crippen LogP contribution in [0.25, 0.3) is 0 Å². The maximum absolute atomic E-state index is 12.9. The molecule has 1 aliphatic heterocycles. The van der Waals surface area contributed by atoms with Crippen LogP contribution in [0.1, 0.15) is 24.6 Å². The topological polar surface area (TPSA) is 53.4 Å². The molecule has 0 radical (unpaired) electrons. The van der Waals surface area contributed by atoms with Crippen LogP contribution in [0.5, 0.6) is 0 Å². The maximum atomic E-state index is 12.9. The second-order valence-corrected chi connectivity index (χ2v) is 6.33. The normalized spacial score (nSPS) is 18.5. The number of aromatic nitrogens is 2. The highest BCUT2D eigenvalue weighted by atomic mass is 19.4. The van der Waals surface area contributed by atoms with Crippen LogP contribution in [-0.4, -0.2) is 58.8 Å². The Balaban J connectivity index is 2.02. The van der Waals surface area contributed by atoms with Crippen LogP contribution in [0.3, 0.4) is 0 Å². The minimum Gasteiger partial charge on any atom is -0.324 e. The summed E-state index contributed by atoms with van der Waals surface area (Å²) in [4.78, 5) is 16.2. The van der Waals surface area contributed by atoms with Gasteiger partial charge in [0, 0.05) is 32.2 Å². The number of rotatable bonds is 4. The molecular weight excluding hydrogens is 323 g/mol. The number of carbonyl (C=O) groups is 1. The molecule has 2 rings (SSSR count). The van der Waals surface area contributed by atoms with Gasteiger partial charge >= 0.3 is 12.2 Å². The Hall–Kier alpha value is -1.77. The molecule has 1 aromatic heterocycles. The van der Waals surface area contributed by atoms with Crippen molar-refractivity contribution in [3.8, 4) is 0 Å². The fraction of sp³-hybridized carbons (Fsp3) is 0.733. The van der Waals surface area contributed by atoms with Crippen molar-refractivity contribution in [3.63, 3.8) is 0 Å². The summed E-state index contributed by atoms with van der Waals surface area (Å²) in [5, 5.41) is 6.05. The average Bonchev–Trinajstić information content (AvgIpc) is 3.06. The number of aryl methyl sites for hydroxylation is 1. The molecule has 0 unspecified atom stereocenters. The van der Waals surface area contributed by atoms with Crippen LogP contribution in [-0.2, 0) is 13.2 Å². The molecule has 1 aromatic rings. The monoisotopic (exact) mass is 347 g/mol. The van der Waals surface area contributed by atoms with Gasteiger partial charge < -0.3 is 9.80 Å². The highest BCUT2D eigenvalue weighted by molar-refractivity contribution is 5.89. The second kappa shape index (κ2) is 7.00. The number of alkyl halides is 3. The van der Waals surface area contributed by atoms with E-state index < -0.39 is 11.9 Å². The Morgan fingerprint density at radius 1 is 1.46 bits per heavy atom. The number of halogens is 3. The first-order valence-corrected chi connectivity index (χ1v) is 7.98. The molecule has 1 fully saturated rings. The lowest BCUT2D eigenvalue weighted by molar-refractivity contribution is -0.141. The summed E-state index contributed by atoms with van der Waals surface area (Å²) in [5.74, 6) is 0.473. The number of amides is 2. The average molecular weight is 347 g/mol. The van der Waals surface area contributed by atoms with Gasteiger partial charge in [0.1, 0.15) is 5.82 Å². The molecule has 0 aromatic carbocycles. The van der Waals surface area contributed by atoms with Crippen LogP contribution in [0, 0.1) is 12.8 Å². The lowest BCUT2D eigenvalue weighted by Gasteiger charge is -2.20. The zero-order valence-corrected chi connectivity index (χ0v) is 14.4. The van der Waals surface area contributed by atoms with Crippen molar-refractivity contribution in [3.05, 3.63) is 11.3 Å². The predicted octanol–water partition coefficient (Wildman–Crippen LogP) is 2.55. The zero-order chi connectivity index (χ0) is 18.1. The standard InChI is InChI=1S/C15H24F3N5O/c1-5-21(3)8-11-6-7-23(9-11)14(24)19-13-10(2)12(15(16,17)18)20-22(13)4/h11H,5-9H2,1-4H3,(H,19,24)/t11-/m0/s1. The summed E-state index contributed by atoms with van der Waals surface area (Å²) in [5.41, 5.74) is -1.04. The minimum atomic E-state index is -4.53. The van der Waals surface area contributed by atoms with Gasteiger partial charge in [-0.15, -0.1) is 0 Å². The fourth-order valence-corrected chi connectivity index (χ4v) is 2.99. The Bertz CT molecular complexity index is 599. The first-order valence-electron chi connectivity index (χ1n) is 7.98. The van der Waals surface area contributed by atoms with Crippen molar-refractivity contribution < 1.29 is 18.0 Å². The Morgan fingerprint density at radius 3 is 2.67 bits per heavy atom. The molecule has 0 saturated carbocycles. The van der Waals surface area contributed by atoms with E-state index >= 15 is 0 Å². The number of carbonyl (C=O) groups excluding carboxylic acids is 1. The Kier molecular flexibility index (Phi) is 5.42. The van der Waals surface area contributed by atoms with Gasteiger partial charge in [-0.1, -0.05) is 6.92 Å². The van der Waals surface area contributed by atoms with E-state index in [4.69, 9.17) is 0 Å². The van der Waals surface area contributed by atoms with Crippen LogP contribution >= 0.6 is 0 Å². The van der Waals surface area contributed by atoms with Gasteiger partial charge in [-0.3, -0.25) is 10.00 Å². The van der Waals surface area contributed by atoms with Gasteiger partial charge in [0.2, 0.25) is 0 Å². The van der Waals surface area contributed by atoms with Crippen LogP contribution in [0.15, 0.2) is 0 Å². The van der Waals surface area contributed by atoms with Crippen molar-refractivity contribution in [1.82, 2.24) is 19.6 Å². The molecule has 0 spiro atoms. The van der Waals surface area contributed by atoms with Gasteiger partial charge in [0.25, 0.3) is 0 Å². The third-order valence-electron chi connectivity index (χ3n) is 4.46. The van der Waals surface area contributed by atoms with Gasteiger partial charge in [-0.2, -0.15) is 18.3 Å². The number of anilines is 1. The van der Waals surface area contributed by atoms with E-state index in [2.05, 4.69) is 22.2 Å². The molecule has 6 nitrogen and oxygen atoms in total. The first-order chi connectivity index (χ1) is 11.1. The molecule has 9 heteroatoms.